The van der Waals surface area contributed by atoms with E-state index in [4.69, 9.17) is 0 Å². The third kappa shape index (κ3) is 4.02. The summed E-state index contributed by atoms with van der Waals surface area (Å²) in [6.07, 6.45) is 3.70. The van der Waals surface area contributed by atoms with Crippen molar-refractivity contribution >= 4 is 16.5 Å². The minimum atomic E-state index is 0.494. The van der Waals surface area contributed by atoms with Crippen molar-refractivity contribution in [1.82, 2.24) is 15.3 Å². The van der Waals surface area contributed by atoms with E-state index < -0.39 is 0 Å². The maximum absolute atomic E-state index is 4.67. The summed E-state index contributed by atoms with van der Waals surface area (Å²) in [6, 6.07) is 4.55. The first-order valence-electron chi connectivity index (χ1n) is 6.86. The number of aryl methyl sites for hydroxylation is 1. The monoisotopic (exact) mass is 290 g/mol. The molecule has 20 heavy (non-hydrogen) atoms. The van der Waals surface area contributed by atoms with Crippen LogP contribution < -0.4 is 10.2 Å². The number of hydrogen-bond donors (Lipinski definition) is 1. The second kappa shape index (κ2) is 6.81. The molecule has 2 heterocycles. The van der Waals surface area contributed by atoms with Crippen molar-refractivity contribution in [1.29, 1.82) is 0 Å². The predicted molar refractivity (Wildman–Crippen MR) is 85.2 cm³/mol. The van der Waals surface area contributed by atoms with Crippen molar-refractivity contribution in [2.24, 2.45) is 0 Å². The van der Waals surface area contributed by atoms with Crippen molar-refractivity contribution in [3.8, 4) is 0 Å². The number of pyridine rings is 1. The fraction of sp³-hybridized carbons (Fsp3) is 0.467. The van der Waals surface area contributed by atoms with Crippen LogP contribution in [0.4, 0.5) is 5.13 Å². The molecule has 0 unspecified atom stereocenters. The van der Waals surface area contributed by atoms with E-state index in [1.807, 2.05) is 12.3 Å². The summed E-state index contributed by atoms with van der Waals surface area (Å²) in [6.45, 7) is 8.12. The molecule has 2 aromatic heterocycles. The van der Waals surface area contributed by atoms with Crippen molar-refractivity contribution in [2.45, 2.75) is 39.9 Å². The molecule has 0 saturated carbocycles. The lowest BCUT2D eigenvalue weighted by molar-refractivity contribution is 0.591. The highest BCUT2D eigenvalue weighted by Crippen LogP contribution is 2.26. The quantitative estimate of drug-likeness (QED) is 0.888. The molecule has 0 aliphatic heterocycles. The molecule has 0 atom stereocenters. The van der Waals surface area contributed by atoms with Gasteiger partial charge in [0.15, 0.2) is 5.13 Å². The lowest BCUT2D eigenvalue weighted by Crippen LogP contribution is -2.21. The van der Waals surface area contributed by atoms with Gasteiger partial charge >= 0.3 is 0 Å². The first-order chi connectivity index (χ1) is 9.56. The van der Waals surface area contributed by atoms with Gasteiger partial charge in [-0.25, -0.2) is 4.98 Å². The average molecular weight is 290 g/mol. The Kier molecular flexibility index (Phi) is 5.09. The van der Waals surface area contributed by atoms with Gasteiger partial charge in [-0.2, -0.15) is 0 Å². The number of nitrogens with one attached hydrogen (secondary N) is 1. The summed E-state index contributed by atoms with van der Waals surface area (Å²) in [5.41, 5.74) is 2.32. The first kappa shape index (κ1) is 14.9. The molecule has 0 bridgehead atoms. The molecule has 0 spiro atoms. The fourth-order valence-electron chi connectivity index (χ4n) is 1.87. The van der Waals surface area contributed by atoms with Gasteiger partial charge < -0.3 is 10.2 Å². The molecule has 0 fully saturated rings. The van der Waals surface area contributed by atoms with Crippen LogP contribution in [-0.4, -0.2) is 23.1 Å². The molecule has 5 heteroatoms. The molecule has 0 aliphatic rings. The lowest BCUT2D eigenvalue weighted by atomic mass is 10.3. The summed E-state index contributed by atoms with van der Waals surface area (Å²) >= 11 is 1.76. The van der Waals surface area contributed by atoms with E-state index in [1.165, 1.54) is 10.4 Å². The molecule has 0 saturated heterocycles. The van der Waals surface area contributed by atoms with Crippen LogP contribution in [0.25, 0.3) is 0 Å². The standard InChI is InChI=1S/C15H22N4S/c1-11(2)17-9-14-12(3)18-15(20-14)19(4)10-13-6-5-7-16-8-13/h5-8,11,17H,9-10H2,1-4H3. The van der Waals surface area contributed by atoms with Gasteiger partial charge in [-0.1, -0.05) is 19.9 Å². The Bertz CT molecular complexity index is 536. The molecule has 0 aliphatic carbocycles. The Balaban J connectivity index is 2.03. The highest BCUT2D eigenvalue weighted by atomic mass is 32.1. The van der Waals surface area contributed by atoms with Crippen LogP contribution in [0.1, 0.15) is 30.0 Å². The van der Waals surface area contributed by atoms with Crippen LogP contribution in [0.15, 0.2) is 24.5 Å². The number of aromatic nitrogens is 2. The Morgan fingerprint density at radius 3 is 2.85 bits per heavy atom. The van der Waals surface area contributed by atoms with Gasteiger partial charge in [0.25, 0.3) is 0 Å². The normalized spacial score (nSPS) is 11.1. The number of nitrogens with zero attached hydrogens (tertiary/aromatic N) is 3. The highest BCUT2D eigenvalue weighted by Gasteiger charge is 2.11. The minimum absolute atomic E-state index is 0.494. The van der Waals surface area contributed by atoms with Crippen molar-refractivity contribution < 1.29 is 0 Å². The predicted octanol–water partition coefficient (Wildman–Crippen LogP) is 2.98. The van der Waals surface area contributed by atoms with E-state index in [1.54, 1.807) is 17.5 Å². The van der Waals surface area contributed by atoms with Crippen LogP contribution in [0, 0.1) is 6.92 Å². The van der Waals surface area contributed by atoms with Gasteiger partial charge in [-0.3, -0.25) is 4.98 Å². The van der Waals surface area contributed by atoms with Crippen LogP contribution in [0.5, 0.6) is 0 Å². The van der Waals surface area contributed by atoms with Crippen molar-refractivity contribution in [2.75, 3.05) is 11.9 Å². The molecule has 2 aromatic rings. The van der Waals surface area contributed by atoms with E-state index >= 15 is 0 Å². The van der Waals surface area contributed by atoms with Gasteiger partial charge in [-0.05, 0) is 18.6 Å². The van der Waals surface area contributed by atoms with Crippen LogP contribution in [-0.2, 0) is 13.1 Å². The van der Waals surface area contributed by atoms with Crippen LogP contribution in [0.2, 0.25) is 0 Å². The Hall–Kier alpha value is -1.46. The zero-order valence-corrected chi connectivity index (χ0v) is 13.4. The zero-order valence-electron chi connectivity index (χ0n) is 12.6. The summed E-state index contributed by atoms with van der Waals surface area (Å²) < 4.78 is 0. The van der Waals surface area contributed by atoms with E-state index in [9.17, 15) is 0 Å². The molecule has 108 valence electrons. The first-order valence-corrected chi connectivity index (χ1v) is 7.67. The Morgan fingerprint density at radius 2 is 2.20 bits per heavy atom. The van der Waals surface area contributed by atoms with Gasteiger partial charge in [-0.15, -0.1) is 11.3 Å². The lowest BCUT2D eigenvalue weighted by Gasteiger charge is -2.15. The third-order valence-corrected chi connectivity index (χ3v) is 4.29. The molecule has 4 nitrogen and oxygen atoms in total. The van der Waals surface area contributed by atoms with E-state index in [0.29, 0.717) is 6.04 Å². The van der Waals surface area contributed by atoms with Crippen molar-refractivity contribution in [3.05, 3.63) is 40.7 Å². The summed E-state index contributed by atoms with van der Waals surface area (Å²) in [7, 11) is 2.07. The van der Waals surface area contributed by atoms with Crippen molar-refractivity contribution in [3.63, 3.8) is 0 Å². The smallest absolute Gasteiger partial charge is 0.185 e. The fourth-order valence-corrected chi connectivity index (χ4v) is 2.84. The van der Waals surface area contributed by atoms with E-state index in [2.05, 4.69) is 54.1 Å². The number of hydrogen-bond acceptors (Lipinski definition) is 5. The summed E-state index contributed by atoms with van der Waals surface area (Å²) in [5.74, 6) is 0. The summed E-state index contributed by atoms with van der Waals surface area (Å²) in [5, 5.41) is 4.51. The second-order valence-corrected chi connectivity index (χ2v) is 6.32. The van der Waals surface area contributed by atoms with E-state index in [0.717, 1.165) is 23.9 Å². The van der Waals surface area contributed by atoms with E-state index in [-0.39, 0.29) is 0 Å². The molecule has 1 N–H and O–H groups in total. The maximum Gasteiger partial charge on any atom is 0.185 e. The number of rotatable bonds is 6. The number of anilines is 1. The SMILES string of the molecule is Cc1nc(N(C)Cc2cccnc2)sc1CNC(C)C. The summed E-state index contributed by atoms with van der Waals surface area (Å²) in [4.78, 5) is 12.3. The van der Waals surface area contributed by atoms with Gasteiger partial charge in [0.2, 0.25) is 0 Å². The number of thiazole rings is 1. The topological polar surface area (TPSA) is 41.1 Å². The average Bonchev–Trinajstić information content (AvgIpc) is 2.79. The molecule has 2 rings (SSSR count). The minimum Gasteiger partial charge on any atom is -0.347 e. The maximum atomic E-state index is 4.67. The van der Waals surface area contributed by atoms with Crippen LogP contribution in [0.3, 0.4) is 0 Å². The Labute approximate surface area is 124 Å². The van der Waals surface area contributed by atoms with Gasteiger partial charge in [0.05, 0.1) is 5.69 Å². The molecular weight excluding hydrogens is 268 g/mol. The largest absolute Gasteiger partial charge is 0.347 e. The molecule has 0 aromatic carbocycles. The molecule has 0 radical (unpaired) electrons. The van der Waals surface area contributed by atoms with Gasteiger partial charge in [0.1, 0.15) is 0 Å². The highest BCUT2D eigenvalue weighted by molar-refractivity contribution is 7.15. The Morgan fingerprint density at radius 1 is 1.40 bits per heavy atom. The molecule has 0 amide bonds. The molecular formula is C15H22N4S. The third-order valence-electron chi connectivity index (χ3n) is 3.02. The second-order valence-electron chi connectivity index (χ2n) is 5.26. The van der Waals surface area contributed by atoms with Crippen LogP contribution >= 0.6 is 11.3 Å². The van der Waals surface area contributed by atoms with Gasteiger partial charge in [0, 0.05) is 43.4 Å². The zero-order chi connectivity index (χ0) is 14.5.